The second kappa shape index (κ2) is 19.4. The molecule has 0 aromatic carbocycles. The van der Waals surface area contributed by atoms with Crippen LogP contribution >= 0.6 is 0 Å². The lowest BCUT2D eigenvalue weighted by atomic mass is 9.73. The van der Waals surface area contributed by atoms with Crippen molar-refractivity contribution in [1.29, 1.82) is 0 Å². The van der Waals surface area contributed by atoms with Crippen molar-refractivity contribution in [3.63, 3.8) is 0 Å². The largest absolute Gasteiger partial charge is 0.462 e. The number of cyclic esters (lactones) is 1. The third-order valence-electron chi connectivity index (χ3n) is 12.0. The average molecular weight is 745 g/mol. The van der Waals surface area contributed by atoms with Crippen molar-refractivity contribution in [2.75, 3.05) is 27.8 Å². The highest BCUT2D eigenvalue weighted by Gasteiger charge is 2.57. The molecule has 4 saturated heterocycles. The summed E-state index contributed by atoms with van der Waals surface area (Å²) in [6.07, 6.45) is -3.90. The summed E-state index contributed by atoms with van der Waals surface area (Å²) in [5.74, 6) is -2.87. The Morgan fingerprint density at radius 3 is 2.17 bits per heavy atom. The molecule has 0 aromatic rings. The van der Waals surface area contributed by atoms with E-state index in [4.69, 9.17) is 33.2 Å². The number of aliphatic hydroxyl groups is 2. The van der Waals surface area contributed by atoms with Crippen LogP contribution in [0.5, 0.6) is 0 Å². The number of methoxy groups -OCH3 is 1. The first kappa shape index (κ1) is 45.0. The number of aliphatic hydroxyl groups excluding tert-OH is 2. The molecular weight excluding hydrogens is 672 g/mol. The maximum Gasteiger partial charge on any atom is 0.311 e. The van der Waals surface area contributed by atoms with Gasteiger partial charge in [-0.1, -0.05) is 53.6 Å². The van der Waals surface area contributed by atoms with Gasteiger partial charge in [0.15, 0.2) is 6.29 Å². The summed E-state index contributed by atoms with van der Waals surface area (Å²) in [4.78, 5) is 16.2. The number of nitrogens with zero attached hydrogens (tertiary/aromatic N) is 2. The van der Waals surface area contributed by atoms with Crippen LogP contribution in [0.15, 0.2) is 5.16 Å². The standard InChI is InChI=1S/C37H66N2O11.C2H6/c1-13-27-20(4)30(40)21(5)29(38-43)18(2)16-37(9)34(49-36-33(50-37)26(39(10)11)14-19(3)46-36)22(6)32(23(7)35(42)48-27)45-17-25-15-28(44-12)31(41)24(8)47-25;1-2/h18-28,30-34,36,40-41,43H,13-17H2,1-12H3;1-2H3/b38-29+;/t18-,19?,20+,21+,22+,23-,24?,25-,26+,27-,28-,30?,31+,32+,33-,34-,36?,37-;/m1./s1. The molecule has 0 saturated carbocycles. The van der Waals surface area contributed by atoms with Gasteiger partial charge in [0.05, 0.1) is 66.6 Å². The first-order valence-corrected chi connectivity index (χ1v) is 19.7. The number of carbonyl (C=O) groups is 1. The lowest BCUT2D eigenvalue weighted by Crippen LogP contribution is -2.67. The van der Waals surface area contributed by atoms with Gasteiger partial charge in [0.1, 0.15) is 18.3 Å². The molecule has 52 heavy (non-hydrogen) atoms. The van der Waals surface area contributed by atoms with E-state index in [-0.39, 0.29) is 30.8 Å². The Hall–Kier alpha value is -1.42. The first-order valence-electron chi connectivity index (χ1n) is 19.7. The molecule has 0 radical (unpaired) electrons. The van der Waals surface area contributed by atoms with Crippen LogP contribution in [0.25, 0.3) is 0 Å². The number of ether oxygens (including phenoxy) is 7. The third kappa shape index (κ3) is 9.87. The number of esters is 1. The summed E-state index contributed by atoms with van der Waals surface area (Å²) in [5.41, 5.74) is -0.509. The maximum absolute atomic E-state index is 14.1. The van der Waals surface area contributed by atoms with Crippen molar-refractivity contribution < 1.29 is 53.4 Å². The van der Waals surface area contributed by atoms with Crippen molar-refractivity contribution in [1.82, 2.24) is 4.90 Å². The van der Waals surface area contributed by atoms with Gasteiger partial charge in [-0.05, 0) is 61.1 Å². The molecule has 0 amide bonds. The molecule has 4 unspecified atom stereocenters. The van der Waals surface area contributed by atoms with Gasteiger partial charge < -0.3 is 53.5 Å². The Labute approximate surface area is 313 Å². The van der Waals surface area contributed by atoms with E-state index < -0.39 is 90.4 Å². The smallest absolute Gasteiger partial charge is 0.311 e. The van der Waals surface area contributed by atoms with Crippen LogP contribution in [0.1, 0.15) is 102 Å². The fourth-order valence-electron chi connectivity index (χ4n) is 9.06. The normalized spacial score (nSPS) is 47.4. The molecule has 0 bridgehead atoms. The van der Waals surface area contributed by atoms with Gasteiger partial charge in [0.2, 0.25) is 0 Å². The van der Waals surface area contributed by atoms with Crippen molar-refractivity contribution in [3.8, 4) is 0 Å². The second-order valence-corrected chi connectivity index (χ2v) is 16.1. The maximum atomic E-state index is 14.1. The molecular formula is C39H72N2O11. The van der Waals surface area contributed by atoms with Crippen LogP contribution in [0.4, 0.5) is 0 Å². The van der Waals surface area contributed by atoms with Crippen molar-refractivity contribution >= 4 is 11.7 Å². The third-order valence-corrected chi connectivity index (χ3v) is 12.0. The molecule has 0 spiro atoms. The Bertz CT molecular complexity index is 1140. The predicted octanol–water partition coefficient (Wildman–Crippen LogP) is 4.66. The number of oxime groups is 1. The minimum atomic E-state index is -0.952. The molecule has 4 heterocycles. The molecule has 3 N–H and O–H groups in total. The summed E-state index contributed by atoms with van der Waals surface area (Å²) in [7, 11) is 5.63. The van der Waals surface area contributed by atoms with Gasteiger partial charge in [0, 0.05) is 43.2 Å². The van der Waals surface area contributed by atoms with E-state index in [1.165, 1.54) is 0 Å². The number of likely N-dealkylation sites (N-methyl/N-ethyl adjacent to an activating group) is 1. The molecule has 4 aliphatic rings. The van der Waals surface area contributed by atoms with E-state index in [2.05, 4.69) is 10.1 Å². The molecule has 304 valence electrons. The van der Waals surface area contributed by atoms with E-state index >= 15 is 0 Å². The number of rotatable bonds is 6. The van der Waals surface area contributed by atoms with Gasteiger partial charge in [-0.2, -0.15) is 0 Å². The van der Waals surface area contributed by atoms with Gasteiger partial charge >= 0.3 is 5.97 Å². The number of hydrogen-bond donors (Lipinski definition) is 3. The minimum absolute atomic E-state index is 0.0225. The highest BCUT2D eigenvalue weighted by molar-refractivity contribution is 5.88. The predicted molar refractivity (Wildman–Crippen MR) is 197 cm³/mol. The Kier molecular flexibility index (Phi) is 16.8. The van der Waals surface area contributed by atoms with E-state index in [0.717, 1.165) is 6.42 Å². The van der Waals surface area contributed by atoms with Crippen LogP contribution < -0.4 is 0 Å². The lowest BCUT2D eigenvalue weighted by Gasteiger charge is -2.56. The number of hydrogen-bond acceptors (Lipinski definition) is 13. The molecule has 0 aliphatic carbocycles. The summed E-state index contributed by atoms with van der Waals surface area (Å²) in [6.45, 7) is 21.4. The van der Waals surface area contributed by atoms with Crippen molar-refractivity contribution in [3.05, 3.63) is 0 Å². The molecule has 0 aromatic heterocycles. The summed E-state index contributed by atoms with van der Waals surface area (Å²) in [5, 5.41) is 36.2. The Morgan fingerprint density at radius 1 is 0.942 bits per heavy atom. The highest BCUT2D eigenvalue weighted by atomic mass is 16.7. The zero-order valence-electron chi connectivity index (χ0n) is 34.4. The van der Waals surface area contributed by atoms with Crippen molar-refractivity contribution in [2.24, 2.45) is 34.7 Å². The zero-order valence-corrected chi connectivity index (χ0v) is 34.4. The van der Waals surface area contributed by atoms with E-state index in [1.807, 2.05) is 83.3 Å². The number of carbonyl (C=O) groups excluding carboxylic acids is 1. The quantitative estimate of drug-likeness (QED) is 0.197. The molecule has 18 atom stereocenters. The van der Waals surface area contributed by atoms with Crippen LogP contribution in [0.2, 0.25) is 0 Å². The van der Waals surface area contributed by atoms with Crippen LogP contribution in [-0.2, 0) is 38.0 Å². The van der Waals surface area contributed by atoms with E-state index in [1.54, 1.807) is 14.0 Å². The Balaban J connectivity index is 0.00000358. The molecule has 13 heteroatoms. The first-order chi connectivity index (χ1) is 24.5. The van der Waals surface area contributed by atoms with E-state index in [0.29, 0.717) is 25.0 Å². The lowest BCUT2D eigenvalue weighted by molar-refractivity contribution is -0.374. The second-order valence-electron chi connectivity index (χ2n) is 16.1. The fourth-order valence-corrected chi connectivity index (χ4v) is 9.06. The zero-order chi connectivity index (χ0) is 39.2. The van der Waals surface area contributed by atoms with Gasteiger partial charge in [0.25, 0.3) is 0 Å². The summed E-state index contributed by atoms with van der Waals surface area (Å²) >= 11 is 0. The van der Waals surface area contributed by atoms with Crippen molar-refractivity contribution in [2.45, 2.75) is 181 Å². The monoisotopic (exact) mass is 745 g/mol. The molecule has 4 rings (SSSR count). The fraction of sp³-hybridized carbons (Fsp3) is 0.949. The highest BCUT2D eigenvalue weighted by Crippen LogP contribution is 2.45. The average Bonchev–Trinajstić information content (AvgIpc) is 3.11. The Morgan fingerprint density at radius 2 is 1.60 bits per heavy atom. The molecule has 4 fully saturated rings. The van der Waals surface area contributed by atoms with Gasteiger partial charge in [-0.3, -0.25) is 4.79 Å². The molecule has 4 aliphatic heterocycles. The number of fused-ring (bicyclic) bond motifs is 2. The summed E-state index contributed by atoms with van der Waals surface area (Å²) < 4.78 is 45.0. The topological polar surface area (TPSA) is 158 Å². The van der Waals surface area contributed by atoms with Gasteiger partial charge in [-0.15, -0.1) is 0 Å². The SMILES string of the molecule is CC.CC[C@H]1OC(=O)[C@H](C)[C@@H](OC[C@H]2C[C@@H](OC)[C@@H](O)C(C)O2)[C@H](C)[C@H]2OC3OC(C)C[C@H](N(C)C)[C@H]3O[C@]2(C)C[C@@H](C)/C(=N\O)[C@H](C)C(O)[C@H]1C. The van der Waals surface area contributed by atoms with Crippen LogP contribution in [-0.4, -0.2) is 139 Å². The van der Waals surface area contributed by atoms with Crippen LogP contribution in [0.3, 0.4) is 0 Å². The summed E-state index contributed by atoms with van der Waals surface area (Å²) in [6, 6.07) is 0.0225. The van der Waals surface area contributed by atoms with E-state index in [9.17, 15) is 20.2 Å². The van der Waals surface area contributed by atoms with Gasteiger partial charge in [-0.25, -0.2) is 0 Å². The minimum Gasteiger partial charge on any atom is -0.462 e. The van der Waals surface area contributed by atoms with Crippen LogP contribution in [0, 0.1) is 29.6 Å². The molecule has 13 nitrogen and oxygen atoms in total.